The molecule has 0 saturated heterocycles. The van der Waals surface area contributed by atoms with Gasteiger partial charge in [0.2, 0.25) is 0 Å². The molecular formula is C33H26F6N2O2. The largest absolute Gasteiger partial charge is 0.457 e. The van der Waals surface area contributed by atoms with E-state index in [0.29, 0.717) is 34.4 Å². The van der Waals surface area contributed by atoms with Gasteiger partial charge in [-0.2, -0.15) is 26.3 Å². The van der Waals surface area contributed by atoms with Crippen molar-refractivity contribution >= 4 is 11.4 Å². The second-order valence-corrected chi connectivity index (χ2v) is 10.1. The summed E-state index contributed by atoms with van der Waals surface area (Å²) < 4.78 is 96.9. The zero-order chi connectivity index (χ0) is 30.8. The molecule has 0 fully saturated rings. The molecule has 1 atom stereocenters. The maximum absolute atomic E-state index is 14.2. The van der Waals surface area contributed by atoms with Crippen molar-refractivity contribution < 1.29 is 35.8 Å². The van der Waals surface area contributed by atoms with E-state index in [1.54, 1.807) is 48.5 Å². The van der Waals surface area contributed by atoms with Gasteiger partial charge in [-0.15, -0.1) is 0 Å². The summed E-state index contributed by atoms with van der Waals surface area (Å²) >= 11 is 0. The Kier molecular flexibility index (Phi) is 7.88. The number of nitrogen functional groups attached to an aromatic ring is 2. The van der Waals surface area contributed by atoms with E-state index in [0.717, 1.165) is 6.08 Å². The Morgan fingerprint density at radius 1 is 0.581 bits per heavy atom. The lowest BCUT2D eigenvalue weighted by Gasteiger charge is -2.44. The van der Waals surface area contributed by atoms with Crippen LogP contribution in [-0.2, 0) is 5.41 Å². The second kappa shape index (κ2) is 11.4. The van der Waals surface area contributed by atoms with Crippen LogP contribution in [0.15, 0.2) is 121 Å². The normalized spacial score (nSPS) is 16.3. The monoisotopic (exact) mass is 596 g/mol. The first-order valence-electron chi connectivity index (χ1n) is 13.1. The molecule has 1 aliphatic carbocycles. The quantitative estimate of drug-likeness (QED) is 0.165. The number of ether oxygens (including phenoxy) is 2. The fourth-order valence-electron chi connectivity index (χ4n) is 5.39. The molecule has 43 heavy (non-hydrogen) atoms. The van der Waals surface area contributed by atoms with Crippen molar-refractivity contribution in [3.05, 3.63) is 132 Å². The van der Waals surface area contributed by atoms with Crippen LogP contribution in [-0.4, -0.2) is 12.4 Å². The van der Waals surface area contributed by atoms with Gasteiger partial charge in [0.1, 0.15) is 23.0 Å². The summed E-state index contributed by atoms with van der Waals surface area (Å²) in [5.74, 6) is -4.21. The molecule has 0 bridgehead atoms. The van der Waals surface area contributed by atoms with Crippen LogP contribution in [0.25, 0.3) is 0 Å². The van der Waals surface area contributed by atoms with E-state index in [-0.39, 0.29) is 11.1 Å². The molecule has 1 aliphatic rings. The van der Waals surface area contributed by atoms with Crippen LogP contribution in [0.5, 0.6) is 23.0 Å². The minimum Gasteiger partial charge on any atom is -0.457 e. The number of rotatable bonds is 7. The summed E-state index contributed by atoms with van der Waals surface area (Å²) in [6.07, 6.45) is -6.13. The Morgan fingerprint density at radius 2 is 1.02 bits per heavy atom. The van der Waals surface area contributed by atoms with Crippen LogP contribution in [0.3, 0.4) is 0 Å². The number of halogens is 6. The summed E-state index contributed by atoms with van der Waals surface area (Å²) in [6, 6.07) is 25.1. The maximum Gasteiger partial charge on any atom is 0.401 e. The van der Waals surface area contributed by atoms with Crippen molar-refractivity contribution in [2.75, 3.05) is 11.5 Å². The highest BCUT2D eigenvalue weighted by atomic mass is 19.4. The van der Waals surface area contributed by atoms with Crippen LogP contribution in [0.2, 0.25) is 0 Å². The van der Waals surface area contributed by atoms with Gasteiger partial charge in [0.25, 0.3) is 0 Å². The van der Waals surface area contributed by atoms with Gasteiger partial charge in [-0.25, -0.2) is 0 Å². The Morgan fingerprint density at radius 3 is 1.42 bits per heavy atom. The number of allylic oxidation sites excluding steroid dienone is 4. The molecule has 0 aromatic heterocycles. The van der Waals surface area contributed by atoms with Crippen molar-refractivity contribution in [3.8, 4) is 23.0 Å². The minimum absolute atomic E-state index is 0.209. The molecule has 4 aromatic rings. The van der Waals surface area contributed by atoms with Gasteiger partial charge in [0.05, 0.1) is 0 Å². The third kappa shape index (κ3) is 6.33. The second-order valence-electron chi connectivity index (χ2n) is 10.1. The topological polar surface area (TPSA) is 70.5 Å². The predicted molar refractivity (Wildman–Crippen MR) is 153 cm³/mol. The van der Waals surface area contributed by atoms with E-state index in [1.807, 2.05) is 0 Å². The van der Waals surface area contributed by atoms with Gasteiger partial charge < -0.3 is 20.9 Å². The molecule has 4 nitrogen and oxygen atoms in total. The molecule has 0 spiro atoms. The van der Waals surface area contributed by atoms with E-state index in [2.05, 4.69) is 0 Å². The van der Waals surface area contributed by atoms with Gasteiger partial charge in [0, 0.05) is 34.8 Å². The zero-order valence-corrected chi connectivity index (χ0v) is 22.4. The van der Waals surface area contributed by atoms with Crippen LogP contribution in [0, 0.1) is 11.8 Å². The molecule has 4 N–H and O–H groups in total. The summed E-state index contributed by atoms with van der Waals surface area (Å²) in [6.45, 7) is 0. The highest BCUT2D eigenvalue weighted by molar-refractivity contribution is 5.53. The number of benzene rings is 4. The Labute approximate surface area is 243 Å². The van der Waals surface area contributed by atoms with Crippen molar-refractivity contribution in [2.45, 2.75) is 17.8 Å². The van der Waals surface area contributed by atoms with E-state index >= 15 is 0 Å². The average molecular weight is 597 g/mol. The summed E-state index contributed by atoms with van der Waals surface area (Å²) in [5, 5.41) is 0. The molecule has 0 radical (unpaired) electrons. The standard InChI is InChI=1S/C33H26F6N2O2/c34-32(35,36)30(33(37,38)39)29-9-1-2-18-31(29,21-10-14-25(15-11-21)42-27-7-3-5-23(40)19-27)22-12-16-26(17-13-22)43-28-8-4-6-24(41)20-28/h1-20,29-30H,40-41H2. The first-order valence-corrected chi connectivity index (χ1v) is 13.1. The SMILES string of the molecule is Nc1cccc(Oc2ccc(C3(c4ccc(Oc5cccc(N)c5)cc4)C=CC=CC3C(C(F)(F)F)C(F)(F)F)cc2)c1. The number of nitrogens with two attached hydrogens (primary N) is 2. The molecule has 0 saturated carbocycles. The fourth-order valence-corrected chi connectivity index (χ4v) is 5.39. The lowest BCUT2D eigenvalue weighted by molar-refractivity contribution is -0.297. The Hall–Kier alpha value is -4.86. The van der Waals surface area contributed by atoms with Crippen molar-refractivity contribution in [3.63, 3.8) is 0 Å². The molecule has 4 aromatic carbocycles. The smallest absolute Gasteiger partial charge is 0.401 e. The molecule has 0 amide bonds. The molecule has 0 heterocycles. The van der Waals surface area contributed by atoms with Crippen molar-refractivity contribution in [1.29, 1.82) is 0 Å². The molecule has 0 aliphatic heterocycles. The predicted octanol–water partition coefficient (Wildman–Crippen LogP) is 9.20. The maximum atomic E-state index is 14.2. The summed E-state index contributed by atoms with van der Waals surface area (Å²) in [4.78, 5) is 0. The Bertz CT molecular complexity index is 1520. The summed E-state index contributed by atoms with van der Waals surface area (Å²) in [5.41, 5.74) is 11.1. The third-order valence-electron chi connectivity index (χ3n) is 7.23. The fraction of sp³-hybridized carbons (Fsp3) is 0.152. The van der Waals surface area contributed by atoms with Crippen LogP contribution < -0.4 is 20.9 Å². The molecular weight excluding hydrogens is 570 g/mol. The van der Waals surface area contributed by atoms with Gasteiger partial charge in [-0.05, 0) is 59.7 Å². The first kappa shape index (κ1) is 29.6. The van der Waals surface area contributed by atoms with Gasteiger partial charge >= 0.3 is 12.4 Å². The van der Waals surface area contributed by atoms with Crippen molar-refractivity contribution in [1.82, 2.24) is 0 Å². The van der Waals surface area contributed by atoms with E-state index < -0.39 is 29.6 Å². The number of hydrogen-bond acceptors (Lipinski definition) is 4. The molecule has 222 valence electrons. The third-order valence-corrected chi connectivity index (χ3v) is 7.23. The van der Waals surface area contributed by atoms with Crippen LogP contribution in [0.1, 0.15) is 11.1 Å². The van der Waals surface area contributed by atoms with Gasteiger partial charge in [-0.3, -0.25) is 0 Å². The van der Waals surface area contributed by atoms with E-state index in [1.165, 1.54) is 66.8 Å². The number of alkyl halides is 6. The molecule has 10 heteroatoms. The average Bonchev–Trinajstić information content (AvgIpc) is 2.93. The minimum atomic E-state index is -5.57. The zero-order valence-electron chi connectivity index (χ0n) is 22.4. The van der Waals surface area contributed by atoms with E-state index in [4.69, 9.17) is 20.9 Å². The lowest BCUT2D eigenvalue weighted by atomic mass is 9.60. The Balaban J connectivity index is 1.60. The highest BCUT2D eigenvalue weighted by Gasteiger charge is 2.64. The highest BCUT2D eigenvalue weighted by Crippen LogP contribution is 2.55. The molecule has 1 unspecified atom stereocenters. The van der Waals surface area contributed by atoms with Crippen molar-refractivity contribution in [2.24, 2.45) is 11.8 Å². The van der Waals surface area contributed by atoms with Crippen LogP contribution >= 0.6 is 0 Å². The molecule has 5 rings (SSSR count). The lowest BCUT2D eigenvalue weighted by Crippen LogP contribution is -2.50. The van der Waals surface area contributed by atoms with Gasteiger partial charge in [0.15, 0.2) is 5.92 Å². The number of hydrogen-bond donors (Lipinski definition) is 2. The number of anilines is 2. The first-order chi connectivity index (χ1) is 20.4. The van der Waals surface area contributed by atoms with E-state index in [9.17, 15) is 26.3 Å². The summed E-state index contributed by atoms with van der Waals surface area (Å²) in [7, 11) is 0. The van der Waals surface area contributed by atoms with Gasteiger partial charge in [-0.1, -0.05) is 60.7 Å². The van der Waals surface area contributed by atoms with Crippen LogP contribution in [0.4, 0.5) is 37.7 Å².